The average molecular weight is 357 g/mol. The second-order valence-electron chi connectivity index (χ2n) is 6.12. The van der Waals surface area contributed by atoms with Crippen molar-refractivity contribution in [2.45, 2.75) is 13.3 Å². The first kappa shape index (κ1) is 17.0. The van der Waals surface area contributed by atoms with Crippen LogP contribution in [0.3, 0.4) is 0 Å². The second kappa shape index (κ2) is 7.83. The van der Waals surface area contributed by atoms with E-state index in [1.165, 1.54) is 0 Å². The van der Waals surface area contributed by atoms with Crippen molar-refractivity contribution in [2.24, 2.45) is 0 Å². The minimum absolute atomic E-state index is 0.490. The summed E-state index contributed by atoms with van der Waals surface area (Å²) in [5, 5.41) is 4.04. The fraction of sp³-hybridized carbons (Fsp3) is 0.136. The summed E-state index contributed by atoms with van der Waals surface area (Å²) in [5.41, 5.74) is 3.96. The van der Waals surface area contributed by atoms with Crippen molar-refractivity contribution in [3.8, 4) is 39.7 Å². The number of nitrogens with zero attached hydrogens (tertiary/aromatic N) is 3. The third-order valence-electron chi connectivity index (χ3n) is 4.14. The van der Waals surface area contributed by atoms with Gasteiger partial charge < -0.3 is 9.26 Å². The first-order chi connectivity index (χ1) is 13.3. The van der Waals surface area contributed by atoms with Crippen LogP contribution in [0.1, 0.15) is 13.3 Å². The van der Waals surface area contributed by atoms with Crippen LogP contribution in [0.15, 0.2) is 77.6 Å². The van der Waals surface area contributed by atoms with Crippen LogP contribution in [-0.2, 0) is 0 Å². The highest BCUT2D eigenvalue weighted by Crippen LogP contribution is 2.26. The summed E-state index contributed by atoms with van der Waals surface area (Å²) < 4.78 is 11.0. The molecule has 0 spiro atoms. The van der Waals surface area contributed by atoms with Crippen molar-refractivity contribution in [3.05, 3.63) is 73.1 Å². The zero-order valence-electron chi connectivity index (χ0n) is 15.0. The lowest BCUT2D eigenvalue weighted by atomic mass is 10.0. The molecular weight excluding hydrogens is 338 g/mol. The van der Waals surface area contributed by atoms with Crippen LogP contribution in [-0.4, -0.2) is 21.7 Å². The number of aromatic nitrogens is 3. The molecule has 0 atom stereocenters. The molecule has 0 aliphatic rings. The Morgan fingerprint density at radius 2 is 1.56 bits per heavy atom. The highest BCUT2D eigenvalue weighted by Gasteiger charge is 2.10. The summed E-state index contributed by atoms with van der Waals surface area (Å²) in [7, 11) is 0. The number of rotatable bonds is 6. The van der Waals surface area contributed by atoms with Gasteiger partial charge in [0.2, 0.25) is 5.82 Å². The van der Waals surface area contributed by atoms with E-state index >= 15 is 0 Å². The summed E-state index contributed by atoms with van der Waals surface area (Å²) in [6.45, 7) is 2.83. The summed E-state index contributed by atoms with van der Waals surface area (Å²) in [4.78, 5) is 8.54. The molecule has 0 unspecified atom stereocenters. The molecular formula is C22H19N3O2. The van der Waals surface area contributed by atoms with E-state index in [4.69, 9.17) is 9.26 Å². The van der Waals surface area contributed by atoms with E-state index in [0.29, 0.717) is 11.7 Å². The van der Waals surface area contributed by atoms with Gasteiger partial charge in [0, 0.05) is 23.5 Å². The molecule has 5 heteroatoms. The minimum atomic E-state index is 0.490. The molecule has 0 N–H and O–H groups in total. The average Bonchev–Trinajstić information content (AvgIpc) is 3.24. The molecule has 5 nitrogen and oxygen atoms in total. The highest BCUT2D eigenvalue weighted by molar-refractivity contribution is 5.68. The molecule has 134 valence electrons. The van der Waals surface area contributed by atoms with Gasteiger partial charge in [0.25, 0.3) is 5.89 Å². The molecule has 2 heterocycles. The number of benzene rings is 2. The summed E-state index contributed by atoms with van der Waals surface area (Å²) in [6, 6.07) is 19.9. The van der Waals surface area contributed by atoms with Crippen molar-refractivity contribution in [1.29, 1.82) is 0 Å². The maximum Gasteiger partial charge on any atom is 0.258 e. The lowest BCUT2D eigenvalue weighted by molar-refractivity contribution is 0.317. The van der Waals surface area contributed by atoms with E-state index in [1.807, 2.05) is 48.5 Å². The zero-order valence-corrected chi connectivity index (χ0v) is 15.0. The first-order valence-corrected chi connectivity index (χ1v) is 8.91. The first-order valence-electron chi connectivity index (χ1n) is 8.91. The minimum Gasteiger partial charge on any atom is -0.494 e. The molecule has 27 heavy (non-hydrogen) atoms. The predicted octanol–water partition coefficient (Wildman–Crippen LogP) is 5.25. The van der Waals surface area contributed by atoms with E-state index in [2.05, 4.69) is 34.2 Å². The monoisotopic (exact) mass is 357 g/mol. The Bertz CT molecular complexity index is 994. The van der Waals surface area contributed by atoms with E-state index in [9.17, 15) is 0 Å². The maximum atomic E-state index is 5.63. The van der Waals surface area contributed by atoms with Gasteiger partial charge in [0.15, 0.2) is 0 Å². The van der Waals surface area contributed by atoms with Crippen LogP contribution in [0.5, 0.6) is 5.75 Å². The van der Waals surface area contributed by atoms with Crippen molar-refractivity contribution < 1.29 is 9.26 Å². The Morgan fingerprint density at radius 3 is 2.22 bits per heavy atom. The number of ether oxygens (including phenoxy) is 1. The van der Waals surface area contributed by atoms with Gasteiger partial charge in [0.05, 0.1) is 6.61 Å². The zero-order chi connectivity index (χ0) is 18.5. The number of pyridine rings is 1. The molecule has 2 aromatic heterocycles. The van der Waals surface area contributed by atoms with Crippen molar-refractivity contribution in [3.63, 3.8) is 0 Å². The number of hydrogen-bond acceptors (Lipinski definition) is 5. The van der Waals surface area contributed by atoms with Gasteiger partial charge in [-0.1, -0.05) is 36.3 Å². The van der Waals surface area contributed by atoms with Crippen molar-refractivity contribution in [2.75, 3.05) is 6.61 Å². The Kier molecular flexibility index (Phi) is 4.92. The largest absolute Gasteiger partial charge is 0.494 e. The van der Waals surface area contributed by atoms with Crippen LogP contribution >= 0.6 is 0 Å². The van der Waals surface area contributed by atoms with Gasteiger partial charge in [-0.15, -0.1) is 0 Å². The Morgan fingerprint density at radius 1 is 0.852 bits per heavy atom. The van der Waals surface area contributed by atoms with E-state index in [1.54, 1.807) is 12.4 Å². The van der Waals surface area contributed by atoms with Crippen molar-refractivity contribution in [1.82, 2.24) is 15.1 Å². The lowest BCUT2D eigenvalue weighted by Gasteiger charge is -2.06. The van der Waals surface area contributed by atoms with Crippen LogP contribution in [0.2, 0.25) is 0 Å². The summed E-state index contributed by atoms with van der Waals surface area (Å²) >= 11 is 0. The third-order valence-corrected chi connectivity index (χ3v) is 4.14. The van der Waals surface area contributed by atoms with Crippen LogP contribution in [0, 0.1) is 0 Å². The quantitative estimate of drug-likeness (QED) is 0.471. The normalized spacial score (nSPS) is 10.7. The SMILES string of the molecule is CCCOc1ccc(-c2ccc(-c3nc(-c4cccnc4)no3)cc2)cc1. The molecule has 2 aromatic carbocycles. The van der Waals surface area contributed by atoms with Crippen molar-refractivity contribution >= 4 is 0 Å². The maximum absolute atomic E-state index is 5.63. The molecule has 4 rings (SSSR count). The molecule has 0 aliphatic carbocycles. The van der Waals surface area contributed by atoms with E-state index in [-0.39, 0.29) is 0 Å². The molecule has 0 radical (unpaired) electrons. The molecule has 4 aromatic rings. The predicted molar refractivity (Wildman–Crippen MR) is 104 cm³/mol. The summed E-state index contributed by atoms with van der Waals surface area (Å²) in [5.74, 6) is 1.92. The van der Waals surface area contributed by atoms with E-state index in [0.717, 1.165) is 41.0 Å². The fourth-order valence-electron chi connectivity index (χ4n) is 2.72. The smallest absolute Gasteiger partial charge is 0.258 e. The van der Waals surface area contributed by atoms with Crippen LogP contribution < -0.4 is 4.74 Å². The Hall–Kier alpha value is -3.47. The molecule has 0 aliphatic heterocycles. The van der Waals surface area contributed by atoms with Gasteiger partial charge in [-0.3, -0.25) is 4.98 Å². The van der Waals surface area contributed by atoms with Gasteiger partial charge >= 0.3 is 0 Å². The Balaban J connectivity index is 1.52. The van der Waals surface area contributed by atoms with E-state index < -0.39 is 0 Å². The molecule has 0 bridgehead atoms. The van der Waals surface area contributed by atoms with Gasteiger partial charge in [0.1, 0.15) is 5.75 Å². The molecule has 0 saturated heterocycles. The third kappa shape index (κ3) is 3.87. The van der Waals surface area contributed by atoms with Gasteiger partial charge in [-0.25, -0.2) is 0 Å². The standard InChI is InChI=1S/C22H19N3O2/c1-2-14-26-20-11-9-17(10-12-20)16-5-7-18(8-6-16)22-24-21(25-27-22)19-4-3-13-23-15-19/h3-13,15H,2,14H2,1H3. The summed E-state index contributed by atoms with van der Waals surface area (Å²) in [6.07, 6.45) is 4.43. The Labute approximate surface area is 157 Å². The van der Waals surface area contributed by atoms with Gasteiger partial charge in [-0.05, 0) is 53.9 Å². The van der Waals surface area contributed by atoms with Crippen LogP contribution in [0.25, 0.3) is 34.0 Å². The lowest BCUT2D eigenvalue weighted by Crippen LogP contribution is -1.94. The molecule has 0 fully saturated rings. The fourth-order valence-corrected chi connectivity index (χ4v) is 2.72. The van der Waals surface area contributed by atoms with Crippen LogP contribution in [0.4, 0.5) is 0 Å². The topological polar surface area (TPSA) is 61.0 Å². The molecule has 0 saturated carbocycles. The van der Waals surface area contributed by atoms with Gasteiger partial charge in [-0.2, -0.15) is 4.98 Å². The number of hydrogen-bond donors (Lipinski definition) is 0. The second-order valence-corrected chi connectivity index (χ2v) is 6.12. The molecule has 0 amide bonds. The highest BCUT2D eigenvalue weighted by atomic mass is 16.5.